The topological polar surface area (TPSA) is 29.5 Å². The lowest BCUT2D eigenvalue weighted by molar-refractivity contribution is -0.138. The number of methoxy groups -OCH3 is 1. The van der Waals surface area contributed by atoms with Crippen LogP contribution in [0.1, 0.15) is 11.1 Å². The van der Waals surface area contributed by atoms with E-state index >= 15 is 0 Å². The Morgan fingerprint density at radius 2 is 1.93 bits per heavy atom. The van der Waals surface area contributed by atoms with Crippen molar-refractivity contribution >= 4 is 0 Å². The van der Waals surface area contributed by atoms with Crippen LogP contribution in [0, 0.1) is 5.82 Å². The average Bonchev–Trinajstić information content (AvgIpc) is 2.15. The second-order valence-electron chi connectivity index (χ2n) is 2.76. The molecular weight excluding hydrogens is 216 g/mol. The Hall–Kier alpha value is -1.30. The molecule has 0 radical (unpaired) electrons. The van der Waals surface area contributed by atoms with Crippen molar-refractivity contribution in [1.82, 2.24) is 0 Å². The monoisotopic (exact) mass is 224 g/mol. The van der Waals surface area contributed by atoms with Crippen LogP contribution in [-0.2, 0) is 12.8 Å². The van der Waals surface area contributed by atoms with Crippen LogP contribution in [0.4, 0.5) is 17.6 Å². The maximum atomic E-state index is 13.3. The van der Waals surface area contributed by atoms with E-state index in [9.17, 15) is 17.6 Å². The molecule has 1 aromatic rings. The first kappa shape index (κ1) is 11.8. The van der Waals surface area contributed by atoms with Gasteiger partial charge in [0.2, 0.25) is 0 Å². The quantitative estimate of drug-likeness (QED) is 0.781. The lowest BCUT2D eigenvalue weighted by atomic mass is 10.1. The molecule has 0 aliphatic carbocycles. The van der Waals surface area contributed by atoms with E-state index in [0.717, 1.165) is 13.2 Å². The van der Waals surface area contributed by atoms with Crippen molar-refractivity contribution in [2.75, 3.05) is 7.11 Å². The van der Waals surface area contributed by atoms with Gasteiger partial charge in [-0.2, -0.15) is 13.2 Å². The van der Waals surface area contributed by atoms with Crippen LogP contribution >= 0.6 is 0 Å². The van der Waals surface area contributed by atoms with E-state index in [1.54, 1.807) is 0 Å². The van der Waals surface area contributed by atoms with Crippen LogP contribution in [0.5, 0.6) is 5.75 Å². The van der Waals surface area contributed by atoms with E-state index in [4.69, 9.17) is 5.11 Å². The molecule has 0 amide bonds. The Kier molecular flexibility index (Phi) is 3.18. The Labute approximate surface area is 83.1 Å². The zero-order valence-electron chi connectivity index (χ0n) is 7.73. The zero-order valence-corrected chi connectivity index (χ0v) is 7.73. The molecular formula is C9H8F4O2. The van der Waals surface area contributed by atoms with Crippen LogP contribution in [-0.4, -0.2) is 12.2 Å². The molecule has 84 valence electrons. The van der Waals surface area contributed by atoms with E-state index in [2.05, 4.69) is 4.74 Å². The number of aliphatic hydroxyl groups excluding tert-OH is 1. The molecule has 0 bridgehead atoms. The third kappa shape index (κ3) is 2.20. The van der Waals surface area contributed by atoms with Crippen LogP contribution in [0.25, 0.3) is 0 Å². The van der Waals surface area contributed by atoms with E-state index in [-0.39, 0.29) is 5.75 Å². The van der Waals surface area contributed by atoms with Crippen LogP contribution in [0.2, 0.25) is 0 Å². The minimum absolute atomic E-state index is 0.327. The van der Waals surface area contributed by atoms with E-state index < -0.39 is 29.7 Å². The van der Waals surface area contributed by atoms with Gasteiger partial charge in [0.15, 0.2) is 11.6 Å². The normalized spacial score (nSPS) is 11.6. The first-order chi connectivity index (χ1) is 6.91. The SMILES string of the molecule is COc1ccc(C(F)(F)F)c(CO)c1F. The van der Waals surface area contributed by atoms with Crippen molar-refractivity contribution in [3.63, 3.8) is 0 Å². The molecule has 15 heavy (non-hydrogen) atoms. The van der Waals surface area contributed by atoms with Gasteiger partial charge in [0.25, 0.3) is 0 Å². The fourth-order valence-corrected chi connectivity index (χ4v) is 1.18. The standard InChI is InChI=1S/C9H8F4O2/c1-15-7-3-2-6(9(11,12)13)5(4-14)8(7)10/h2-3,14H,4H2,1H3. The highest BCUT2D eigenvalue weighted by Gasteiger charge is 2.35. The summed E-state index contributed by atoms with van der Waals surface area (Å²) in [7, 11) is 1.13. The number of halogens is 4. The minimum atomic E-state index is -4.69. The Balaban J connectivity index is 3.38. The third-order valence-corrected chi connectivity index (χ3v) is 1.89. The second-order valence-corrected chi connectivity index (χ2v) is 2.76. The van der Waals surface area contributed by atoms with E-state index in [0.29, 0.717) is 6.07 Å². The van der Waals surface area contributed by atoms with Crippen molar-refractivity contribution in [3.05, 3.63) is 29.1 Å². The second kappa shape index (κ2) is 4.06. The minimum Gasteiger partial charge on any atom is -0.494 e. The first-order valence-electron chi connectivity index (χ1n) is 3.95. The summed E-state index contributed by atoms with van der Waals surface area (Å²) in [6.45, 7) is -1.03. The molecule has 0 saturated carbocycles. The van der Waals surface area contributed by atoms with Crippen LogP contribution in [0.3, 0.4) is 0 Å². The maximum absolute atomic E-state index is 13.3. The third-order valence-electron chi connectivity index (χ3n) is 1.89. The molecule has 0 aliphatic rings. The number of aliphatic hydroxyl groups is 1. The Bertz CT molecular complexity index is 360. The number of alkyl halides is 3. The summed E-state index contributed by atoms with van der Waals surface area (Å²) in [6, 6.07) is 1.55. The summed E-state index contributed by atoms with van der Waals surface area (Å²) < 4.78 is 54.8. The van der Waals surface area contributed by atoms with Crippen molar-refractivity contribution in [1.29, 1.82) is 0 Å². The number of hydrogen-bond donors (Lipinski definition) is 1. The number of hydrogen-bond acceptors (Lipinski definition) is 2. The molecule has 0 aliphatic heterocycles. The highest BCUT2D eigenvalue weighted by atomic mass is 19.4. The van der Waals surface area contributed by atoms with Gasteiger partial charge in [-0.1, -0.05) is 0 Å². The number of ether oxygens (including phenoxy) is 1. The molecule has 0 heterocycles. The van der Waals surface area contributed by atoms with Crippen molar-refractivity contribution in [2.24, 2.45) is 0 Å². The summed E-state index contributed by atoms with van der Waals surface area (Å²) in [4.78, 5) is 0. The zero-order chi connectivity index (χ0) is 11.6. The van der Waals surface area contributed by atoms with Gasteiger partial charge in [-0.15, -0.1) is 0 Å². The van der Waals surface area contributed by atoms with Gasteiger partial charge in [0, 0.05) is 5.56 Å². The summed E-state index contributed by atoms with van der Waals surface area (Å²) in [5.41, 5.74) is -2.00. The summed E-state index contributed by atoms with van der Waals surface area (Å²) >= 11 is 0. The summed E-state index contributed by atoms with van der Waals surface area (Å²) in [6.07, 6.45) is -4.69. The lowest BCUT2D eigenvalue weighted by Gasteiger charge is -2.13. The molecule has 0 fully saturated rings. The highest BCUT2D eigenvalue weighted by Crippen LogP contribution is 2.35. The van der Waals surface area contributed by atoms with Gasteiger partial charge >= 0.3 is 6.18 Å². The van der Waals surface area contributed by atoms with Gasteiger partial charge < -0.3 is 9.84 Å². The molecule has 0 atom stereocenters. The molecule has 1 N–H and O–H groups in total. The maximum Gasteiger partial charge on any atom is 0.416 e. The fraction of sp³-hybridized carbons (Fsp3) is 0.333. The van der Waals surface area contributed by atoms with Gasteiger partial charge in [-0.3, -0.25) is 0 Å². The average molecular weight is 224 g/mol. The molecule has 6 heteroatoms. The van der Waals surface area contributed by atoms with Crippen molar-refractivity contribution in [3.8, 4) is 5.75 Å². The summed E-state index contributed by atoms with van der Waals surface area (Å²) in [5, 5.41) is 8.69. The van der Waals surface area contributed by atoms with Gasteiger partial charge in [-0.05, 0) is 12.1 Å². The van der Waals surface area contributed by atoms with Gasteiger partial charge in [0.05, 0.1) is 19.3 Å². The van der Waals surface area contributed by atoms with Crippen LogP contribution in [0.15, 0.2) is 12.1 Å². The highest BCUT2D eigenvalue weighted by molar-refractivity contribution is 5.38. The molecule has 0 saturated heterocycles. The predicted octanol–water partition coefficient (Wildman–Crippen LogP) is 2.35. The molecule has 1 rings (SSSR count). The Morgan fingerprint density at radius 1 is 1.33 bits per heavy atom. The number of benzene rings is 1. The van der Waals surface area contributed by atoms with E-state index in [1.807, 2.05) is 0 Å². The van der Waals surface area contributed by atoms with Crippen molar-refractivity contribution < 1.29 is 27.4 Å². The molecule has 2 nitrogen and oxygen atoms in total. The van der Waals surface area contributed by atoms with Gasteiger partial charge in [0.1, 0.15) is 0 Å². The van der Waals surface area contributed by atoms with Gasteiger partial charge in [-0.25, -0.2) is 4.39 Å². The molecule has 1 aromatic carbocycles. The smallest absolute Gasteiger partial charge is 0.416 e. The number of rotatable bonds is 2. The molecule has 0 unspecified atom stereocenters. The largest absolute Gasteiger partial charge is 0.494 e. The molecule has 0 aromatic heterocycles. The van der Waals surface area contributed by atoms with Crippen LogP contribution < -0.4 is 4.74 Å². The summed E-state index contributed by atoms with van der Waals surface area (Å²) in [5.74, 6) is -1.51. The molecule has 0 spiro atoms. The fourth-order valence-electron chi connectivity index (χ4n) is 1.18. The Morgan fingerprint density at radius 3 is 2.33 bits per heavy atom. The van der Waals surface area contributed by atoms with Crippen molar-refractivity contribution in [2.45, 2.75) is 12.8 Å². The van der Waals surface area contributed by atoms with E-state index in [1.165, 1.54) is 0 Å². The predicted molar refractivity (Wildman–Crippen MR) is 43.9 cm³/mol. The lowest BCUT2D eigenvalue weighted by Crippen LogP contribution is -2.11. The first-order valence-corrected chi connectivity index (χ1v) is 3.95.